The van der Waals surface area contributed by atoms with E-state index in [1.54, 1.807) is 0 Å². The van der Waals surface area contributed by atoms with Gasteiger partial charge in [-0.1, -0.05) is 0 Å². The molecule has 9 heteroatoms. The Morgan fingerprint density at radius 2 is 1.33 bits per heavy atom. The van der Waals surface area contributed by atoms with Crippen LogP contribution in [0.1, 0.15) is 31.1 Å². The van der Waals surface area contributed by atoms with Crippen molar-refractivity contribution < 1.29 is 45.0 Å². The number of carboxylic acids is 3. The average molecular weight is 334 g/mol. The van der Waals surface area contributed by atoms with Crippen LogP contribution in [0.5, 0.6) is 17.2 Å². The number of aromatic hydroxyl groups is 3. The van der Waals surface area contributed by atoms with Crippen molar-refractivity contribution in [3.63, 3.8) is 0 Å². The standard InChI is InChI=1S/C15H10O9/c16-9-2-1-6(11(17)12(9)18)7-3-5(13(19)20)4-8(14(21)22)10(7)15(23)24/h1-4,16-18H,(H,19,20)(H,21,22)(H,23,24). The maximum Gasteiger partial charge on any atom is 0.337 e. The Morgan fingerprint density at radius 1 is 0.708 bits per heavy atom. The third-order valence-corrected chi connectivity index (χ3v) is 3.25. The van der Waals surface area contributed by atoms with E-state index in [0.29, 0.717) is 6.07 Å². The predicted molar refractivity (Wildman–Crippen MR) is 77.8 cm³/mol. The highest BCUT2D eigenvalue weighted by atomic mass is 16.4. The first-order valence-corrected chi connectivity index (χ1v) is 6.27. The van der Waals surface area contributed by atoms with E-state index in [1.165, 1.54) is 0 Å². The van der Waals surface area contributed by atoms with Crippen LogP contribution < -0.4 is 0 Å². The average Bonchev–Trinajstić information content (AvgIpc) is 2.51. The number of hydrogen-bond acceptors (Lipinski definition) is 6. The van der Waals surface area contributed by atoms with Crippen LogP contribution in [-0.4, -0.2) is 48.5 Å². The van der Waals surface area contributed by atoms with Gasteiger partial charge in [-0.15, -0.1) is 0 Å². The molecule has 2 rings (SSSR count). The molecule has 0 amide bonds. The Kier molecular flexibility index (Phi) is 4.02. The molecule has 0 aliphatic rings. The van der Waals surface area contributed by atoms with Gasteiger partial charge in [0.2, 0.25) is 5.75 Å². The van der Waals surface area contributed by atoms with E-state index >= 15 is 0 Å². The Morgan fingerprint density at radius 3 is 1.83 bits per heavy atom. The topological polar surface area (TPSA) is 173 Å². The largest absolute Gasteiger partial charge is 0.504 e. The second-order valence-electron chi connectivity index (χ2n) is 4.69. The quantitative estimate of drug-likeness (QED) is 0.453. The molecule has 2 aromatic rings. The van der Waals surface area contributed by atoms with Gasteiger partial charge < -0.3 is 30.6 Å². The molecule has 124 valence electrons. The number of carboxylic acid groups (broad SMARTS) is 3. The van der Waals surface area contributed by atoms with E-state index in [-0.39, 0.29) is 5.56 Å². The molecule has 2 aromatic carbocycles. The van der Waals surface area contributed by atoms with Crippen molar-refractivity contribution in [2.75, 3.05) is 0 Å². The minimum atomic E-state index is -1.68. The molecule has 0 aliphatic heterocycles. The molecule has 0 bridgehead atoms. The first-order chi connectivity index (χ1) is 11.1. The number of aromatic carboxylic acids is 3. The predicted octanol–water partition coefficient (Wildman–Crippen LogP) is 1.56. The molecule has 0 unspecified atom stereocenters. The smallest absolute Gasteiger partial charge is 0.337 e. The number of hydrogen-bond donors (Lipinski definition) is 6. The van der Waals surface area contributed by atoms with Crippen LogP contribution in [0.15, 0.2) is 24.3 Å². The summed E-state index contributed by atoms with van der Waals surface area (Å²) < 4.78 is 0. The molecule has 0 atom stereocenters. The SMILES string of the molecule is O=C(O)c1cc(C(=O)O)c(C(=O)O)c(-c2ccc(O)c(O)c2O)c1. The van der Waals surface area contributed by atoms with E-state index in [1.807, 2.05) is 0 Å². The van der Waals surface area contributed by atoms with Gasteiger partial charge in [-0.05, 0) is 24.3 Å². The zero-order valence-corrected chi connectivity index (χ0v) is 11.7. The van der Waals surface area contributed by atoms with Gasteiger partial charge in [-0.25, -0.2) is 14.4 Å². The fourth-order valence-corrected chi connectivity index (χ4v) is 2.16. The summed E-state index contributed by atoms with van der Waals surface area (Å²) in [5.74, 6) is -7.44. The Bertz CT molecular complexity index is 883. The molecular weight excluding hydrogens is 324 g/mol. The molecule has 0 aromatic heterocycles. The summed E-state index contributed by atoms with van der Waals surface area (Å²) in [6.07, 6.45) is 0. The van der Waals surface area contributed by atoms with Gasteiger partial charge in [-0.3, -0.25) is 0 Å². The second-order valence-corrected chi connectivity index (χ2v) is 4.69. The van der Waals surface area contributed by atoms with Crippen molar-refractivity contribution in [2.24, 2.45) is 0 Å². The molecule has 0 radical (unpaired) electrons. The highest BCUT2D eigenvalue weighted by Crippen LogP contribution is 2.43. The molecule has 6 N–H and O–H groups in total. The van der Waals surface area contributed by atoms with Crippen molar-refractivity contribution in [2.45, 2.75) is 0 Å². The molecule has 0 spiro atoms. The Hall–Kier alpha value is -3.75. The van der Waals surface area contributed by atoms with Crippen molar-refractivity contribution >= 4 is 17.9 Å². The van der Waals surface area contributed by atoms with Gasteiger partial charge >= 0.3 is 17.9 Å². The van der Waals surface area contributed by atoms with Crippen LogP contribution in [0.2, 0.25) is 0 Å². The van der Waals surface area contributed by atoms with Crippen molar-refractivity contribution in [1.82, 2.24) is 0 Å². The molecule has 0 aliphatic carbocycles. The van der Waals surface area contributed by atoms with E-state index in [4.69, 9.17) is 10.2 Å². The molecule has 0 saturated carbocycles. The summed E-state index contributed by atoms with van der Waals surface area (Å²) in [6.45, 7) is 0. The molecular formula is C15H10O9. The molecule has 9 nitrogen and oxygen atoms in total. The van der Waals surface area contributed by atoms with Gasteiger partial charge in [0, 0.05) is 11.1 Å². The highest BCUT2D eigenvalue weighted by molar-refractivity contribution is 6.09. The fraction of sp³-hybridized carbons (Fsp3) is 0. The molecule has 0 heterocycles. The van der Waals surface area contributed by atoms with Gasteiger partial charge in [-0.2, -0.15) is 0 Å². The summed E-state index contributed by atoms with van der Waals surface area (Å²) in [7, 11) is 0. The monoisotopic (exact) mass is 334 g/mol. The molecule has 24 heavy (non-hydrogen) atoms. The summed E-state index contributed by atoms with van der Waals surface area (Å²) in [4.78, 5) is 33.9. The van der Waals surface area contributed by atoms with Crippen LogP contribution in [0, 0.1) is 0 Å². The van der Waals surface area contributed by atoms with Crippen LogP contribution in [0.4, 0.5) is 0 Å². The van der Waals surface area contributed by atoms with E-state index in [0.717, 1.165) is 18.2 Å². The lowest BCUT2D eigenvalue weighted by molar-refractivity contribution is 0.0650. The molecule has 0 fully saturated rings. The van der Waals surface area contributed by atoms with Crippen molar-refractivity contribution in [3.8, 4) is 28.4 Å². The maximum absolute atomic E-state index is 11.5. The normalized spacial score (nSPS) is 10.3. The highest BCUT2D eigenvalue weighted by Gasteiger charge is 2.26. The number of carbonyl (C=O) groups is 3. The maximum atomic E-state index is 11.5. The number of phenolic OH excluding ortho intramolecular Hbond substituents is 3. The number of benzene rings is 2. The van der Waals surface area contributed by atoms with E-state index < -0.39 is 57.4 Å². The first kappa shape index (κ1) is 16.6. The van der Waals surface area contributed by atoms with Gasteiger partial charge in [0.05, 0.1) is 16.7 Å². The summed E-state index contributed by atoms with van der Waals surface area (Å²) in [5, 5.41) is 56.3. The Balaban J connectivity index is 2.96. The Labute approximate surface area is 133 Å². The van der Waals surface area contributed by atoms with Crippen LogP contribution in [0.25, 0.3) is 11.1 Å². The van der Waals surface area contributed by atoms with Gasteiger partial charge in [0.15, 0.2) is 11.5 Å². The van der Waals surface area contributed by atoms with Crippen LogP contribution >= 0.6 is 0 Å². The lowest BCUT2D eigenvalue weighted by atomic mass is 9.92. The van der Waals surface area contributed by atoms with Crippen molar-refractivity contribution in [3.05, 3.63) is 41.0 Å². The number of phenols is 3. The van der Waals surface area contributed by atoms with E-state index in [2.05, 4.69) is 0 Å². The van der Waals surface area contributed by atoms with E-state index in [9.17, 15) is 34.8 Å². The summed E-state index contributed by atoms with van der Waals surface area (Å²) in [6, 6.07) is 3.48. The lowest BCUT2D eigenvalue weighted by Crippen LogP contribution is -2.12. The van der Waals surface area contributed by atoms with Crippen molar-refractivity contribution in [1.29, 1.82) is 0 Å². The fourth-order valence-electron chi connectivity index (χ4n) is 2.16. The van der Waals surface area contributed by atoms with Crippen LogP contribution in [-0.2, 0) is 0 Å². The van der Waals surface area contributed by atoms with Gasteiger partial charge in [0.25, 0.3) is 0 Å². The number of rotatable bonds is 4. The third kappa shape index (κ3) is 2.65. The zero-order chi connectivity index (χ0) is 18.2. The summed E-state index contributed by atoms with van der Waals surface area (Å²) in [5.41, 5.74) is -2.89. The lowest BCUT2D eigenvalue weighted by Gasteiger charge is -2.13. The zero-order valence-electron chi connectivity index (χ0n) is 11.7. The van der Waals surface area contributed by atoms with Crippen LogP contribution in [0.3, 0.4) is 0 Å². The molecule has 0 saturated heterocycles. The summed E-state index contributed by atoms with van der Waals surface area (Å²) >= 11 is 0. The first-order valence-electron chi connectivity index (χ1n) is 6.27. The second kappa shape index (κ2) is 5.80. The minimum absolute atomic E-state index is 0.353. The van der Waals surface area contributed by atoms with Gasteiger partial charge in [0.1, 0.15) is 0 Å². The minimum Gasteiger partial charge on any atom is -0.504 e. The third-order valence-electron chi connectivity index (χ3n) is 3.25.